The largest absolute Gasteiger partial charge is 0.494 e. The molecule has 0 spiro atoms. The number of rotatable bonds is 5. The summed E-state index contributed by atoms with van der Waals surface area (Å²) in [5, 5.41) is 2.81. The Morgan fingerprint density at radius 3 is 2.67 bits per heavy atom. The number of carbonyl (C=O) groups is 1. The zero-order valence-corrected chi connectivity index (χ0v) is 12.2. The molecule has 0 aliphatic rings. The van der Waals surface area contributed by atoms with E-state index < -0.39 is 0 Å². The zero-order chi connectivity index (χ0) is 15.2. The molecular formula is C16H19N3O2. The Hall–Kier alpha value is -2.40. The third kappa shape index (κ3) is 3.79. The number of nitrogens with two attached hydrogens (primary N) is 1. The summed E-state index contributed by atoms with van der Waals surface area (Å²) in [6, 6.07) is 8.62. The molecule has 0 fully saturated rings. The minimum atomic E-state index is -0.196. The number of nitrogens with one attached hydrogen (secondary N) is 1. The SMILES string of the molecule is CCOc1cc(C(=O)Nc2ccncc2)ccc1[C@@H](C)N. The molecule has 110 valence electrons. The third-order valence-electron chi connectivity index (χ3n) is 3.00. The molecule has 1 atom stereocenters. The predicted molar refractivity (Wildman–Crippen MR) is 82.4 cm³/mol. The first-order chi connectivity index (χ1) is 10.1. The average molecular weight is 285 g/mol. The number of pyridine rings is 1. The van der Waals surface area contributed by atoms with Gasteiger partial charge in [-0.25, -0.2) is 0 Å². The molecule has 2 rings (SSSR count). The molecule has 1 aromatic carbocycles. The van der Waals surface area contributed by atoms with E-state index in [0.717, 1.165) is 5.56 Å². The Morgan fingerprint density at radius 2 is 2.05 bits per heavy atom. The summed E-state index contributed by atoms with van der Waals surface area (Å²) in [5.41, 5.74) is 8.02. The van der Waals surface area contributed by atoms with Gasteiger partial charge in [-0.3, -0.25) is 9.78 Å². The van der Waals surface area contributed by atoms with Crippen LogP contribution in [0.2, 0.25) is 0 Å². The maximum absolute atomic E-state index is 12.2. The second-order valence-corrected chi connectivity index (χ2v) is 4.66. The van der Waals surface area contributed by atoms with Crippen molar-refractivity contribution in [3.63, 3.8) is 0 Å². The van der Waals surface area contributed by atoms with Crippen LogP contribution in [0.15, 0.2) is 42.7 Å². The molecule has 3 N–H and O–H groups in total. The van der Waals surface area contributed by atoms with Crippen LogP contribution in [0.3, 0.4) is 0 Å². The number of benzene rings is 1. The van der Waals surface area contributed by atoms with Gasteiger partial charge in [0.25, 0.3) is 5.91 Å². The second-order valence-electron chi connectivity index (χ2n) is 4.66. The number of aromatic nitrogens is 1. The van der Waals surface area contributed by atoms with Gasteiger partial charge in [-0.15, -0.1) is 0 Å². The molecule has 0 bridgehead atoms. The molecule has 0 aliphatic carbocycles. The molecule has 0 unspecified atom stereocenters. The topological polar surface area (TPSA) is 77.2 Å². The molecule has 0 radical (unpaired) electrons. The number of hydrogen-bond acceptors (Lipinski definition) is 4. The lowest BCUT2D eigenvalue weighted by atomic mass is 10.0. The van der Waals surface area contributed by atoms with Gasteiger partial charge in [0.05, 0.1) is 6.61 Å². The lowest BCUT2D eigenvalue weighted by molar-refractivity contribution is 0.102. The third-order valence-corrected chi connectivity index (χ3v) is 3.00. The fraction of sp³-hybridized carbons (Fsp3) is 0.250. The fourth-order valence-corrected chi connectivity index (χ4v) is 1.97. The van der Waals surface area contributed by atoms with Crippen LogP contribution in [0.25, 0.3) is 0 Å². The van der Waals surface area contributed by atoms with E-state index in [2.05, 4.69) is 10.3 Å². The summed E-state index contributed by atoms with van der Waals surface area (Å²) in [7, 11) is 0. The van der Waals surface area contributed by atoms with Crippen molar-refractivity contribution in [2.24, 2.45) is 5.73 Å². The highest BCUT2D eigenvalue weighted by molar-refractivity contribution is 6.04. The number of hydrogen-bond donors (Lipinski definition) is 2. The van der Waals surface area contributed by atoms with Gasteiger partial charge in [0.1, 0.15) is 5.75 Å². The Labute approximate surface area is 124 Å². The van der Waals surface area contributed by atoms with Crippen molar-refractivity contribution in [2.45, 2.75) is 19.9 Å². The molecule has 0 saturated carbocycles. The monoisotopic (exact) mass is 285 g/mol. The highest BCUT2D eigenvalue weighted by Crippen LogP contribution is 2.25. The van der Waals surface area contributed by atoms with E-state index in [4.69, 9.17) is 10.5 Å². The van der Waals surface area contributed by atoms with Gasteiger partial charge in [0.15, 0.2) is 0 Å². The summed E-state index contributed by atoms with van der Waals surface area (Å²) in [4.78, 5) is 16.1. The summed E-state index contributed by atoms with van der Waals surface area (Å²) < 4.78 is 5.57. The van der Waals surface area contributed by atoms with Gasteiger partial charge >= 0.3 is 0 Å². The van der Waals surface area contributed by atoms with Crippen molar-refractivity contribution in [3.05, 3.63) is 53.9 Å². The predicted octanol–water partition coefficient (Wildman–Crippen LogP) is 2.75. The highest BCUT2D eigenvalue weighted by Gasteiger charge is 2.13. The summed E-state index contributed by atoms with van der Waals surface area (Å²) in [6.07, 6.45) is 3.25. The highest BCUT2D eigenvalue weighted by atomic mass is 16.5. The van der Waals surface area contributed by atoms with Crippen molar-refractivity contribution in [2.75, 3.05) is 11.9 Å². The lowest BCUT2D eigenvalue weighted by Crippen LogP contribution is -2.14. The number of amides is 1. The quantitative estimate of drug-likeness (QED) is 0.885. The lowest BCUT2D eigenvalue weighted by Gasteiger charge is -2.14. The van der Waals surface area contributed by atoms with Crippen molar-refractivity contribution in [1.29, 1.82) is 0 Å². The van der Waals surface area contributed by atoms with E-state index in [0.29, 0.717) is 23.6 Å². The molecule has 2 aromatic rings. The van der Waals surface area contributed by atoms with Gasteiger partial charge in [-0.2, -0.15) is 0 Å². The summed E-state index contributed by atoms with van der Waals surface area (Å²) in [6.45, 7) is 4.30. The molecule has 5 nitrogen and oxygen atoms in total. The van der Waals surface area contributed by atoms with E-state index in [1.807, 2.05) is 19.9 Å². The number of carbonyl (C=O) groups excluding carboxylic acids is 1. The van der Waals surface area contributed by atoms with Crippen LogP contribution in [-0.4, -0.2) is 17.5 Å². The van der Waals surface area contributed by atoms with Gasteiger partial charge in [-0.05, 0) is 38.1 Å². The van der Waals surface area contributed by atoms with E-state index in [-0.39, 0.29) is 11.9 Å². The summed E-state index contributed by atoms with van der Waals surface area (Å²) in [5.74, 6) is 0.452. The molecule has 21 heavy (non-hydrogen) atoms. The van der Waals surface area contributed by atoms with E-state index in [1.165, 1.54) is 0 Å². The van der Waals surface area contributed by atoms with Gasteiger partial charge in [0, 0.05) is 35.2 Å². The van der Waals surface area contributed by atoms with E-state index in [1.54, 1.807) is 36.7 Å². The van der Waals surface area contributed by atoms with E-state index >= 15 is 0 Å². The second kappa shape index (κ2) is 6.85. The number of anilines is 1. The Kier molecular flexibility index (Phi) is 4.90. The number of nitrogens with zero attached hydrogens (tertiary/aromatic N) is 1. The van der Waals surface area contributed by atoms with Crippen LogP contribution < -0.4 is 15.8 Å². The van der Waals surface area contributed by atoms with Crippen LogP contribution in [0, 0.1) is 0 Å². The van der Waals surface area contributed by atoms with Crippen molar-refractivity contribution in [1.82, 2.24) is 4.98 Å². The zero-order valence-electron chi connectivity index (χ0n) is 12.2. The Bertz CT molecular complexity index is 612. The maximum atomic E-state index is 12.2. The molecule has 1 amide bonds. The van der Waals surface area contributed by atoms with Crippen molar-refractivity contribution in [3.8, 4) is 5.75 Å². The molecule has 5 heteroatoms. The minimum Gasteiger partial charge on any atom is -0.494 e. The first-order valence-corrected chi connectivity index (χ1v) is 6.85. The first kappa shape index (κ1) is 15.0. The maximum Gasteiger partial charge on any atom is 0.255 e. The molecule has 0 aliphatic heterocycles. The first-order valence-electron chi connectivity index (χ1n) is 6.85. The van der Waals surface area contributed by atoms with Gasteiger partial charge < -0.3 is 15.8 Å². The Balaban J connectivity index is 2.23. The van der Waals surface area contributed by atoms with Crippen LogP contribution >= 0.6 is 0 Å². The molecule has 0 saturated heterocycles. The van der Waals surface area contributed by atoms with Crippen molar-refractivity contribution < 1.29 is 9.53 Å². The summed E-state index contributed by atoms with van der Waals surface area (Å²) >= 11 is 0. The fourth-order valence-electron chi connectivity index (χ4n) is 1.97. The smallest absolute Gasteiger partial charge is 0.255 e. The molecule has 1 aromatic heterocycles. The number of ether oxygens (including phenoxy) is 1. The molecule has 1 heterocycles. The van der Waals surface area contributed by atoms with Crippen LogP contribution in [0.1, 0.15) is 35.8 Å². The molecular weight excluding hydrogens is 266 g/mol. The normalized spacial score (nSPS) is 11.8. The standard InChI is InChI=1S/C16H19N3O2/c1-3-21-15-10-12(4-5-14(15)11(2)17)16(20)19-13-6-8-18-9-7-13/h4-11H,3,17H2,1-2H3,(H,18,19,20)/t11-/m1/s1. The average Bonchev–Trinajstić information content (AvgIpc) is 2.48. The van der Waals surface area contributed by atoms with Crippen LogP contribution in [-0.2, 0) is 0 Å². The Morgan fingerprint density at radius 1 is 1.33 bits per heavy atom. The van der Waals surface area contributed by atoms with Crippen LogP contribution in [0.5, 0.6) is 5.75 Å². The van der Waals surface area contributed by atoms with Crippen LogP contribution in [0.4, 0.5) is 5.69 Å². The van der Waals surface area contributed by atoms with Gasteiger partial charge in [-0.1, -0.05) is 6.07 Å². The van der Waals surface area contributed by atoms with Crippen molar-refractivity contribution >= 4 is 11.6 Å². The van der Waals surface area contributed by atoms with Gasteiger partial charge in [0.2, 0.25) is 0 Å². The minimum absolute atomic E-state index is 0.149. The van der Waals surface area contributed by atoms with E-state index in [9.17, 15) is 4.79 Å².